The summed E-state index contributed by atoms with van der Waals surface area (Å²) in [4.78, 5) is 23.7. The Labute approximate surface area is 115 Å². The molecule has 100 valence electrons. The van der Waals surface area contributed by atoms with Crippen LogP contribution in [-0.4, -0.2) is 10.5 Å². The molecule has 4 heteroatoms. The van der Waals surface area contributed by atoms with Crippen LogP contribution >= 0.6 is 0 Å². The SMILES string of the molecule is CC(=O)Nc1ccc2c(c1)c(=O)c1ccccc1n2C. The van der Waals surface area contributed by atoms with E-state index < -0.39 is 0 Å². The third-order valence-electron chi connectivity index (χ3n) is 3.43. The number of para-hydroxylation sites is 1. The molecule has 2 aromatic carbocycles. The van der Waals surface area contributed by atoms with Crippen LogP contribution in [0, 0.1) is 0 Å². The summed E-state index contributed by atoms with van der Waals surface area (Å²) in [6, 6.07) is 12.9. The Kier molecular flexibility index (Phi) is 2.79. The highest BCUT2D eigenvalue weighted by Gasteiger charge is 2.09. The molecule has 0 aliphatic carbocycles. The molecule has 0 bridgehead atoms. The standard InChI is InChI=1S/C16H14N2O2/c1-10(19)17-11-7-8-15-13(9-11)16(20)12-5-3-4-6-14(12)18(15)2/h3-9H,1-2H3,(H,17,19). The van der Waals surface area contributed by atoms with Gasteiger partial charge in [-0.1, -0.05) is 12.1 Å². The maximum absolute atomic E-state index is 12.6. The zero-order chi connectivity index (χ0) is 14.3. The number of rotatable bonds is 1. The molecule has 1 aromatic heterocycles. The van der Waals surface area contributed by atoms with Crippen LogP contribution < -0.4 is 10.7 Å². The van der Waals surface area contributed by atoms with Crippen LogP contribution in [0.5, 0.6) is 0 Å². The molecule has 0 unspecified atom stereocenters. The predicted molar refractivity (Wildman–Crippen MR) is 81.0 cm³/mol. The van der Waals surface area contributed by atoms with Gasteiger partial charge in [-0.3, -0.25) is 9.59 Å². The van der Waals surface area contributed by atoms with Crippen molar-refractivity contribution in [2.24, 2.45) is 7.05 Å². The Morgan fingerprint density at radius 2 is 1.75 bits per heavy atom. The van der Waals surface area contributed by atoms with Gasteiger partial charge in [0.2, 0.25) is 5.91 Å². The fourth-order valence-electron chi connectivity index (χ4n) is 2.52. The highest BCUT2D eigenvalue weighted by molar-refractivity contribution is 5.97. The van der Waals surface area contributed by atoms with Gasteiger partial charge in [-0.15, -0.1) is 0 Å². The van der Waals surface area contributed by atoms with Gasteiger partial charge < -0.3 is 9.88 Å². The summed E-state index contributed by atoms with van der Waals surface area (Å²) in [5.41, 5.74) is 2.37. The van der Waals surface area contributed by atoms with Gasteiger partial charge in [-0.05, 0) is 30.3 Å². The van der Waals surface area contributed by atoms with E-state index in [0.717, 1.165) is 11.0 Å². The van der Waals surface area contributed by atoms with Gasteiger partial charge in [0.15, 0.2) is 5.43 Å². The van der Waals surface area contributed by atoms with Crippen LogP contribution in [0.25, 0.3) is 21.8 Å². The summed E-state index contributed by atoms with van der Waals surface area (Å²) < 4.78 is 1.99. The Morgan fingerprint density at radius 1 is 1.05 bits per heavy atom. The molecular formula is C16H14N2O2. The first-order valence-electron chi connectivity index (χ1n) is 6.37. The van der Waals surface area contributed by atoms with Crippen LogP contribution in [0.4, 0.5) is 5.69 Å². The second-order valence-corrected chi connectivity index (χ2v) is 4.82. The number of nitrogens with one attached hydrogen (secondary N) is 1. The van der Waals surface area contributed by atoms with Gasteiger partial charge in [0.25, 0.3) is 0 Å². The van der Waals surface area contributed by atoms with Crippen LogP contribution in [-0.2, 0) is 11.8 Å². The molecule has 0 aliphatic rings. The van der Waals surface area contributed by atoms with E-state index in [2.05, 4.69) is 5.32 Å². The number of carbonyl (C=O) groups is 1. The Morgan fingerprint density at radius 3 is 2.50 bits per heavy atom. The third-order valence-corrected chi connectivity index (χ3v) is 3.43. The molecule has 3 aromatic rings. The fourth-order valence-corrected chi connectivity index (χ4v) is 2.52. The van der Waals surface area contributed by atoms with E-state index in [4.69, 9.17) is 0 Å². The number of nitrogens with zero attached hydrogens (tertiary/aromatic N) is 1. The number of fused-ring (bicyclic) bond motifs is 2. The molecule has 1 amide bonds. The number of carbonyl (C=O) groups excluding carboxylic acids is 1. The van der Waals surface area contributed by atoms with Crippen molar-refractivity contribution in [3.63, 3.8) is 0 Å². The van der Waals surface area contributed by atoms with Gasteiger partial charge in [0.1, 0.15) is 0 Å². The van der Waals surface area contributed by atoms with Crippen molar-refractivity contribution in [2.75, 3.05) is 5.32 Å². The Hall–Kier alpha value is -2.62. The lowest BCUT2D eigenvalue weighted by molar-refractivity contribution is -0.114. The zero-order valence-electron chi connectivity index (χ0n) is 11.3. The van der Waals surface area contributed by atoms with Crippen LogP contribution in [0.1, 0.15) is 6.92 Å². The maximum Gasteiger partial charge on any atom is 0.221 e. The second kappa shape index (κ2) is 4.49. The number of hydrogen-bond donors (Lipinski definition) is 1. The van der Waals surface area contributed by atoms with E-state index in [1.54, 1.807) is 12.1 Å². The highest BCUT2D eigenvalue weighted by Crippen LogP contribution is 2.20. The highest BCUT2D eigenvalue weighted by atomic mass is 16.1. The number of benzene rings is 2. The van der Waals surface area contributed by atoms with Crippen molar-refractivity contribution in [2.45, 2.75) is 6.92 Å². The molecule has 0 saturated carbocycles. The number of pyridine rings is 1. The molecule has 1 N–H and O–H groups in total. The van der Waals surface area contributed by atoms with Crippen LogP contribution in [0.2, 0.25) is 0 Å². The van der Waals surface area contributed by atoms with Crippen molar-refractivity contribution < 1.29 is 4.79 Å². The number of aryl methyl sites for hydroxylation is 1. The van der Waals surface area contributed by atoms with Crippen molar-refractivity contribution in [3.8, 4) is 0 Å². The monoisotopic (exact) mass is 266 g/mol. The van der Waals surface area contributed by atoms with Crippen LogP contribution in [0.3, 0.4) is 0 Å². The maximum atomic E-state index is 12.6. The van der Waals surface area contributed by atoms with Crippen molar-refractivity contribution in [1.82, 2.24) is 4.57 Å². The summed E-state index contributed by atoms with van der Waals surface area (Å²) in [6.45, 7) is 1.45. The molecule has 0 radical (unpaired) electrons. The van der Waals surface area contributed by atoms with Gasteiger partial charge >= 0.3 is 0 Å². The number of anilines is 1. The molecule has 20 heavy (non-hydrogen) atoms. The minimum atomic E-state index is -0.151. The van der Waals surface area contributed by atoms with Gasteiger partial charge in [-0.2, -0.15) is 0 Å². The smallest absolute Gasteiger partial charge is 0.221 e. The summed E-state index contributed by atoms with van der Waals surface area (Å²) >= 11 is 0. The first-order chi connectivity index (χ1) is 9.58. The van der Waals surface area contributed by atoms with Gasteiger partial charge in [0, 0.05) is 30.4 Å². The normalized spacial score (nSPS) is 10.9. The average Bonchev–Trinajstić information content (AvgIpc) is 2.44. The molecule has 0 spiro atoms. The number of hydrogen-bond acceptors (Lipinski definition) is 2. The quantitative estimate of drug-likeness (QED) is 0.688. The van der Waals surface area contributed by atoms with Gasteiger partial charge in [0.05, 0.1) is 11.0 Å². The molecule has 0 saturated heterocycles. The number of amides is 1. The Bertz CT molecular complexity index is 894. The molecule has 0 fully saturated rings. The first kappa shape index (κ1) is 12.4. The third kappa shape index (κ3) is 1.86. The summed E-state index contributed by atoms with van der Waals surface area (Å²) in [7, 11) is 1.93. The van der Waals surface area contributed by atoms with E-state index >= 15 is 0 Å². The first-order valence-corrected chi connectivity index (χ1v) is 6.37. The van der Waals surface area contributed by atoms with E-state index in [1.165, 1.54) is 6.92 Å². The summed E-state index contributed by atoms with van der Waals surface area (Å²) in [5, 5.41) is 4.00. The van der Waals surface area contributed by atoms with Gasteiger partial charge in [-0.25, -0.2) is 0 Å². The van der Waals surface area contributed by atoms with E-state index in [1.807, 2.05) is 41.9 Å². The predicted octanol–water partition coefficient (Wildman–Crippen LogP) is 2.65. The lowest BCUT2D eigenvalue weighted by Gasteiger charge is -2.11. The van der Waals surface area contributed by atoms with E-state index in [9.17, 15) is 9.59 Å². The second-order valence-electron chi connectivity index (χ2n) is 4.82. The summed E-state index contributed by atoms with van der Waals surface area (Å²) in [6.07, 6.45) is 0. The molecule has 3 rings (SSSR count). The molecule has 0 atom stereocenters. The van der Waals surface area contributed by atoms with Crippen molar-refractivity contribution >= 4 is 33.4 Å². The molecule has 0 aliphatic heterocycles. The lowest BCUT2D eigenvalue weighted by Crippen LogP contribution is -2.11. The lowest BCUT2D eigenvalue weighted by atomic mass is 10.1. The van der Waals surface area contributed by atoms with Crippen LogP contribution in [0.15, 0.2) is 47.3 Å². The number of aromatic nitrogens is 1. The average molecular weight is 266 g/mol. The molecule has 4 nitrogen and oxygen atoms in total. The minimum absolute atomic E-state index is 0.0131. The van der Waals surface area contributed by atoms with E-state index in [0.29, 0.717) is 16.5 Å². The molecule has 1 heterocycles. The fraction of sp³-hybridized carbons (Fsp3) is 0.125. The minimum Gasteiger partial charge on any atom is -0.343 e. The molecular weight excluding hydrogens is 252 g/mol. The van der Waals surface area contributed by atoms with Crippen molar-refractivity contribution in [1.29, 1.82) is 0 Å². The topological polar surface area (TPSA) is 51.1 Å². The largest absolute Gasteiger partial charge is 0.343 e. The van der Waals surface area contributed by atoms with E-state index in [-0.39, 0.29) is 11.3 Å². The summed E-state index contributed by atoms with van der Waals surface area (Å²) in [5.74, 6) is -0.151. The Balaban J connectivity index is 2.41. The zero-order valence-corrected chi connectivity index (χ0v) is 11.3. The van der Waals surface area contributed by atoms with Crippen molar-refractivity contribution in [3.05, 3.63) is 52.7 Å².